The van der Waals surface area contributed by atoms with Crippen LogP contribution in [0.2, 0.25) is 0 Å². The standard InChI is InChI=1S/C22H31N3O3/c1-16-7-8-20(28-2)17(13-16)14-23-9-11-24(12-10-23)15-25-21(26)18-5-3-4-6-19(18)22(25)27/h7-8,13,18-19H,3-6,9-12,14-15H2,1-2H3/p+2/t18-,19-/m1/s1. The lowest BCUT2D eigenvalue weighted by Crippen LogP contribution is -3.28. The molecule has 2 atom stereocenters. The van der Waals surface area contributed by atoms with Gasteiger partial charge in [-0.1, -0.05) is 24.5 Å². The molecule has 2 saturated heterocycles. The van der Waals surface area contributed by atoms with Crippen LogP contribution in [0.15, 0.2) is 18.2 Å². The summed E-state index contributed by atoms with van der Waals surface area (Å²) in [4.78, 5) is 29.9. The first-order valence-corrected chi connectivity index (χ1v) is 10.7. The highest BCUT2D eigenvalue weighted by Gasteiger charge is 2.49. The van der Waals surface area contributed by atoms with Crippen LogP contribution >= 0.6 is 0 Å². The van der Waals surface area contributed by atoms with E-state index >= 15 is 0 Å². The van der Waals surface area contributed by atoms with E-state index in [1.165, 1.54) is 16.0 Å². The normalized spacial score (nSPS) is 30.4. The number of carbonyl (C=O) groups is 2. The van der Waals surface area contributed by atoms with Gasteiger partial charge in [0.25, 0.3) is 0 Å². The summed E-state index contributed by atoms with van der Waals surface area (Å²) in [6.45, 7) is 7.73. The van der Waals surface area contributed by atoms with Crippen LogP contribution in [0.4, 0.5) is 0 Å². The number of rotatable bonds is 5. The Morgan fingerprint density at radius 1 is 1.00 bits per heavy atom. The maximum atomic E-state index is 12.7. The third-order valence-electron chi connectivity index (χ3n) is 6.85. The molecule has 2 heterocycles. The fourth-order valence-corrected chi connectivity index (χ4v) is 5.22. The molecule has 0 radical (unpaired) electrons. The Labute approximate surface area is 167 Å². The first-order valence-electron chi connectivity index (χ1n) is 10.7. The van der Waals surface area contributed by atoms with Crippen molar-refractivity contribution in [3.8, 4) is 5.75 Å². The Morgan fingerprint density at radius 2 is 1.61 bits per heavy atom. The van der Waals surface area contributed by atoms with Crippen LogP contribution in [-0.4, -0.2) is 56.7 Å². The topological polar surface area (TPSA) is 55.5 Å². The van der Waals surface area contributed by atoms with E-state index in [0.717, 1.165) is 64.2 Å². The highest BCUT2D eigenvalue weighted by molar-refractivity contribution is 6.05. The molecule has 1 saturated carbocycles. The Balaban J connectivity index is 1.32. The summed E-state index contributed by atoms with van der Waals surface area (Å²) in [6.07, 6.45) is 3.98. The molecule has 0 unspecified atom stereocenters. The number of nitrogens with one attached hydrogen (secondary N) is 2. The van der Waals surface area contributed by atoms with Crippen molar-refractivity contribution in [2.75, 3.05) is 40.0 Å². The number of likely N-dealkylation sites (tertiary alicyclic amines) is 1. The van der Waals surface area contributed by atoms with Gasteiger partial charge in [0.15, 0.2) is 6.67 Å². The lowest BCUT2D eigenvalue weighted by molar-refractivity contribution is -1.02. The van der Waals surface area contributed by atoms with E-state index in [9.17, 15) is 9.59 Å². The number of aryl methyl sites for hydroxylation is 1. The van der Waals surface area contributed by atoms with Crippen molar-refractivity contribution < 1.29 is 24.1 Å². The van der Waals surface area contributed by atoms with Gasteiger partial charge in [-0.05, 0) is 31.9 Å². The summed E-state index contributed by atoms with van der Waals surface area (Å²) in [5.74, 6) is 1.11. The fourth-order valence-electron chi connectivity index (χ4n) is 5.22. The molecule has 2 aliphatic heterocycles. The number of fused-ring (bicyclic) bond motifs is 1. The summed E-state index contributed by atoms with van der Waals surface area (Å²) in [7, 11) is 1.73. The van der Waals surface area contributed by atoms with Gasteiger partial charge in [0.2, 0.25) is 11.8 Å². The molecule has 1 aromatic rings. The predicted octanol–water partition coefficient (Wildman–Crippen LogP) is -0.580. The molecule has 1 aliphatic carbocycles. The van der Waals surface area contributed by atoms with Crippen LogP contribution in [0.3, 0.4) is 0 Å². The summed E-state index contributed by atoms with van der Waals surface area (Å²) >= 11 is 0. The quantitative estimate of drug-likeness (QED) is 0.665. The van der Waals surface area contributed by atoms with E-state index in [2.05, 4.69) is 25.1 Å². The second kappa shape index (κ2) is 8.21. The lowest BCUT2D eigenvalue weighted by atomic mass is 9.81. The van der Waals surface area contributed by atoms with Gasteiger partial charge in [-0.3, -0.25) is 9.59 Å². The Kier molecular flexibility index (Phi) is 5.69. The molecule has 4 rings (SSSR count). The zero-order valence-corrected chi connectivity index (χ0v) is 17.1. The molecule has 1 aromatic carbocycles. The number of hydrogen-bond donors (Lipinski definition) is 2. The fraction of sp³-hybridized carbons (Fsp3) is 0.636. The molecule has 6 nitrogen and oxygen atoms in total. The number of quaternary nitrogens is 2. The lowest BCUT2D eigenvalue weighted by Gasteiger charge is -2.31. The van der Waals surface area contributed by atoms with Crippen molar-refractivity contribution in [3.63, 3.8) is 0 Å². The summed E-state index contributed by atoms with van der Waals surface area (Å²) < 4.78 is 5.52. The molecule has 6 heteroatoms. The molecule has 2 N–H and O–H groups in total. The number of benzene rings is 1. The maximum Gasteiger partial charge on any atom is 0.237 e. The monoisotopic (exact) mass is 387 g/mol. The average molecular weight is 388 g/mol. The van der Waals surface area contributed by atoms with E-state index in [1.54, 1.807) is 16.9 Å². The molecule has 28 heavy (non-hydrogen) atoms. The minimum atomic E-state index is -0.0265. The number of carbonyl (C=O) groups excluding carboxylic acids is 2. The van der Waals surface area contributed by atoms with Crippen molar-refractivity contribution in [3.05, 3.63) is 29.3 Å². The van der Waals surface area contributed by atoms with Gasteiger partial charge in [0.1, 0.15) is 38.5 Å². The van der Waals surface area contributed by atoms with Gasteiger partial charge in [-0.25, -0.2) is 4.90 Å². The third kappa shape index (κ3) is 3.80. The van der Waals surface area contributed by atoms with Gasteiger partial charge in [0.05, 0.1) is 18.9 Å². The second-order valence-electron chi connectivity index (χ2n) is 8.75. The number of imide groups is 1. The molecule has 3 aliphatic rings. The van der Waals surface area contributed by atoms with Crippen LogP contribution in [0, 0.1) is 18.8 Å². The van der Waals surface area contributed by atoms with Crippen LogP contribution in [0.1, 0.15) is 36.8 Å². The van der Waals surface area contributed by atoms with Gasteiger partial charge in [-0.2, -0.15) is 0 Å². The SMILES string of the molecule is COc1ccc(C)cc1C[NH+]1CC[NH+](CN2C(=O)[C@@H]3CCCC[C@H]3C2=O)CC1. The predicted molar refractivity (Wildman–Crippen MR) is 105 cm³/mol. The number of methoxy groups -OCH3 is 1. The highest BCUT2D eigenvalue weighted by atomic mass is 16.5. The zero-order valence-electron chi connectivity index (χ0n) is 17.1. The van der Waals surface area contributed by atoms with Crippen molar-refractivity contribution in [1.82, 2.24) is 4.90 Å². The number of ether oxygens (including phenoxy) is 1. The van der Waals surface area contributed by atoms with Gasteiger partial charge < -0.3 is 14.5 Å². The maximum absolute atomic E-state index is 12.7. The third-order valence-corrected chi connectivity index (χ3v) is 6.85. The van der Waals surface area contributed by atoms with Crippen LogP contribution < -0.4 is 14.5 Å². The van der Waals surface area contributed by atoms with Gasteiger partial charge in [0, 0.05) is 5.56 Å². The van der Waals surface area contributed by atoms with E-state index in [1.807, 2.05) is 0 Å². The van der Waals surface area contributed by atoms with Gasteiger partial charge in [-0.15, -0.1) is 0 Å². The van der Waals surface area contributed by atoms with E-state index in [4.69, 9.17) is 4.74 Å². The first-order chi connectivity index (χ1) is 13.6. The minimum absolute atomic E-state index is 0.0265. The summed E-state index contributed by atoms with van der Waals surface area (Å²) in [5.41, 5.74) is 2.52. The number of piperazine rings is 1. The van der Waals surface area contributed by atoms with Crippen LogP contribution in [-0.2, 0) is 16.1 Å². The van der Waals surface area contributed by atoms with Crippen molar-refractivity contribution in [1.29, 1.82) is 0 Å². The smallest absolute Gasteiger partial charge is 0.237 e. The Morgan fingerprint density at radius 3 is 2.21 bits per heavy atom. The number of hydrogen-bond acceptors (Lipinski definition) is 3. The molecule has 0 spiro atoms. The summed E-state index contributed by atoms with van der Waals surface area (Å²) in [5, 5.41) is 0. The van der Waals surface area contributed by atoms with E-state index in [-0.39, 0.29) is 23.7 Å². The van der Waals surface area contributed by atoms with Crippen LogP contribution in [0.5, 0.6) is 5.75 Å². The van der Waals surface area contributed by atoms with E-state index < -0.39 is 0 Å². The molecule has 0 aromatic heterocycles. The number of amides is 2. The van der Waals surface area contributed by atoms with Crippen molar-refractivity contribution >= 4 is 11.8 Å². The first kappa shape index (κ1) is 19.4. The Hall–Kier alpha value is -1.92. The minimum Gasteiger partial charge on any atom is -0.496 e. The van der Waals surface area contributed by atoms with Crippen molar-refractivity contribution in [2.24, 2.45) is 11.8 Å². The number of nitrogens with zero attached hydrogens (tertiary/aromatic N) is 1. The molecular formula is C22H33N3O3+2. The molecule has 3 fully saturated rings. The zero-order chi connectivity index (χ0) is 19.7. The average Bonchev–Trinajstić information content (AvgIpc) is 2.95. The van der Waals surface area contributed by atoms with Crippen molar-refractivity contribution in [2.45, 2.75) is 39.2 Å². The van der Waals surface area contributed by atoms with Gasteiger partial charge >= 0.3 is 0 Å². The molecule has 2 amide bonds. The van der Waals surface area contributed by atoms with E-state index in [0.29, 0.717) is 6.67 Å². The highest BCUT2D eigenvalue weighted by Crippen LogP contribution is 2.37. The molecule has 0 bridgehead atoms. The molecule has 152 valence electrons. The summed E-state index contributed by atoms with van der Waals surface area (Å²) in [6, 6.07) is 6.35. The second-order valence-corrected chi connectivity index (χ2v) is 8.75. The Bertz CT molecular complexity index is 719. The largest absolute Gasteiger partial charge is 0.496 e. The molecular weight excluding hydrogens is 354 g/mol. The van der Waals surface area contributed by atoms with Crippen LogP contribution in [0.25, 0.3) is 0 Å².